The summed E-state index contributed by atoms with van der Waals surface area (Å²) in [5.41, 5.74) is 1.64. The molecule has 0 aliphatic heterocycles. The van der Waals surface area contributed by atoms with Gasteiger partial charge in [-0.05, 0) is 19.1 Å². The molecule has 0 aliphatic rings. The van der Waals surface area contributed by atoms with Crippen molar-refractivity contribution in [3.05, 3.63) is 60.4 Å². The molecule has 6 heteroatoms. The zero-order chi connectivity index (χ0) is 16.1. The normalized spacial score (nSPS) is 10.7. The van der Waals surface area contributed by atoms with Gasteiger partial charge in [-0.3, -0.25) is 9.78 Å². The van der Waals surface area contributed by atoms with Crippen LogP contribution in [0.15, 0.2) is 60.0 Å². The molecule has 0 saturated heterocycles. The smallest absolute Gasteiger partial charge is 0.191 e. The molecule has 0 saturated carbocycles. The molecule has 5 nitrogen and oxygen atoms in total. The number of carbonyl (C=O) groups is 1. The predicted octanol–water partition coefficient (Wildman–Crippen LogP) is 3.34. The van der Waals surface area contributed by atoms with E-state index in [4.69, 9.17) is 0 Å². The Labute approximate surface area is 138 Å². The van der Waals surface area contributed by atoms with Crippen LogP contribution in [-0.4, -0.2) is 31.3 Å². The summed E-state index contributed by atoms with van der Waals surface area (Å²) in [6.07, 6.45) is 3.24. The van der Waals surface area contributed by atoms with Crippen LogP contribution in [0.1, 0.15) is 17.3 Å². The van der Waals surface area contributed by atoms with Crippen LogP contribution in [0.2, 0.25) is 0 Å². The fraction of sp³-hybridized carbons (Fsp3) is 0.176. The lowest BCUT2D eigenvalue weighted by atomic mass is 10.2. The topological polar surface area (TPSA) is 60.7 Å². The molecule has 0 fully saturated rings. The second kappa shape index (κ2) is 7.19. The molecule has 3 aromatic rings. The number of aromatic nitrogens is 4. The number of ketones is 1. The molecule has 0 amide bonds. The lowest BCUT2D eigenvalue weighted by Gasteiger charge is -2.07. The van der Waals surface area contributed by atoms with Gasteiger partial charge in [-0.15, -0.1) is 10.2 Å². The summed E-state index contributed by atoms with van der Waals surface area (Å²) < 4.78 is 2.02. The molecular weight excluding hydrogens is 308 g/mol. The number of pyridine rings is 1. The highest BCUT2D eigenvalue weighted by molar-refractivity contribution is 7.99. The molecule has 0 bridgehead atoms. The summed E-state index contributed by atoms with van der Waals surface area (Å²) >= 11 is 1.40. The van der Waals surface area contributed by atoms with Crippen molar-refractivity contribution in [1.82, 2.24) is 19.7 Å². The van der Waals surface area contributed by atoms with Crippen LogP contribution in [0.25, 0.3) is 11.4 Å². The van der Waals surface area contributed by atoms with E-state index in [9.17, 15) is 4.79 Å². The predicted molar refractivity (Wildman–Crippen MR) is 90.4 cm³/mol. The fourth-order valence-corrected chi connectivity index (χ4v) is 3.12. The number of benzene rings is 1. The van der Waals surface area contributed by atoms with Crippen molar-refractivity contribution >= 4 is 17.5 Å². The minimum absolute atomic E-state index is 0.0371. The van der Waals surface area contributed by atoms with Gasteiger partial charge in [0.05, 0.1) is 5.75 Å². The molecule has 0 spiro atoms. The van der Waals surface area contributed by atoms with E-state index in [0.717, 1.165) is 23.1 Å². The van der Waals surface area contributed by atoms with Gasteiger partial charge < -0.3 is 4.57 Å². The monoisotopic (exact) mass is 324 g/mol. The molecule has 2 aromatic heterocycles. The van der Waals surface area contributed by atoms with Crippen LogP contribution < -0.4 is 0 Å². The van der Waals surface area contributed by atoms with Crippen molar-refractivity contribution in [3.8, 4) is 11.4 Å². The average Bonchev–Trinajstić information content (AvgIpc) is 3.04. The van der Waals surface area contributed by atoms with Gasteiger partial charge in [0.25, 0.3) is 0 Å². The Hall–Kier alpha value is -2.47. The van der Waals surface area contributed by atoms with Crippen LogP contribution >= 0.6 is 11.8 Å². The van der Waals surface area contributed by atoms with E-state index >= 15 is 0 Å². The largest absolute Gasteiger partial charge is 0.302 e. The summed E-state index contributed by atoms with van der Waals surface area (Å²) in [6.45, 7) is 2.80. The van der Waals surface area contributed by atoms with Gasteiger partial charge in [-0.25, -0.2) is 0 Å². The van der Waals surface area contributed by atoms with E-state index in [-0.39, 0.29) is 5.78 Å². The van der Waals surface area contributed by atoms with Crippen molar-refractivity contribution in [1.29, 1.82) is 0 Å². The molecule has 116 valence electrons. The molecule has 1 aromatic carbocycles. The maximum Gasteiger partial charge on any atom is 0.191 e. The van der Waals surface area contributed by atoms with Gasteiger partial charge in [0.2, 0.25) is 0 Å². The average molecular weight is 324 g/mol. The quantitative estimate of drug-likeness (QED) is 0.514. The number of carbonyl (C=O) groups excluding carboxylic acids is 1. The lowest BCUT2D eigenvalue weighted by molar-refractivity contribution is 0.102. The van der Waals surface area contributed by atoms with E-state index in [1.165, 1.54) is 11.8 Å². The molecular formula is C17H16N4OS. The van der Waals surface area contributed by atoms with Gasteiger partial charge in [0.1, 0.15) is 0 Å². The molecule has 0 N–H and O–H groups in total. The van der Waals surface area contributed by atoms with E-state index in [1.54, 1.807) is 24.5 Å². The Kier molecular flexibility index (Phi) is 4.83. The summed E-state index contributed by atoms with van der Waals surface area (Å²) in [5.74, 6) is 1.18. The first-order chi connectivity index (χ1) is 11.3. The van der Waals surface area contributed by atoms with Crippen LogP contribution in [-0.2, 0) is 6.54 Å². The Bertz CT molecular complexity index is 787. The van der Waals surface area contributed by atoms with Gasteiger partial charge in [-0.2, -0.15) is 0 Å². The van der Waals surface area contributed by atoms with Crippen molar-refractivity contribution in [3.63, 3.8) is 0 Å². The van der Waals surface area contributed by atoms with Gasteiger partial charge in [0, 0.05) is 30.1 Å². The maximum atomic E-state index is 12.2. The molecule has 3 rings (SSSR count). The Balaban J connectivity index is 1.76. The highest BCUT2D eigenvalue weighted by atomic mass is 32.2. The molecule has 2 heterocycles. The number of Topliss-reactive ketones (excluding diaryl/α,β-unsaturated/α-hetero) is 1. The minimum Gasteiger partial charge on any atom is -0.302 e. The molecule has 0 unspecified atom stereocenters. The summed E-state index contributed by atoms with van der Waals surface area (Å²) in [5, 5.41) is 9.27. The van der Waals surface area contributed by atoms with Gasteiger partial charge >= 0.3 is 0 Å². The third kappa shape index (κ3) is 3.48. The highest BCUT2D eigenvalue weighted by Crippen LogP contribution is 2.24. The maximum absolute atomic E-state index is 12.2. The van der Waals surface area contributed by atoms with Gasteiger partial charge in [0.15, 0.2) is 16.8 Å². The number of rotatable bonds is 6. The number of hydrogen-bond acceptors (Lipinski definition) is 5. The van der Waals surface area contributed by atoms with Crippen molar-refractivity contribution in [2.24, 2.45) is 0 Å². The highest BCUT2D eigenvalue weighted by Gasteiger charge is 2.15. The summed E-state index contributed by atoms with van der Waals surface area (Å²) in [7, 11) is 0. The molecule has 23 heavy (non-hydrogen) atoms. The van der Waals surface area contributed by atoms with Crippen molar-refractivity contribution in [2.45, 2.75) is 18.6 Å². The third-order valence-corrected chi connectivity index (χ3v) is 4.35. The second-order valence-electron chi connectivity index (χ2n) is 4.87. The molecule has 0 radical (unpaired) electrons. The van der Waals surface area contributed by atoms with E-state index < -0.39 is 0 Å². The first-order valence-corrected chi connectivity index (χ1v) is 8.32. The first kappa shape index (κ1) is 15.4. The third-order valence-electron chi connectivity index (χ3n) is 3.38. The van der Waals surface area contributed by atoms with E-state index in [2.05, 4.69) is 15.2 Å². The minimum atomic E-state index is 0.0371. The van der Waals surface area contributed by atoms with Crippen LogP contribution in [0.3, 0.4) is 0 Å². The Morgan fingerprint density at radius 3 is 2.65 bits per heavy atom. The Morgan fingerprint density at radius 2 is 1.96 bits per heavy atom. The first-order valence-electron chi connectivity index (χ1n) is 7.34. The number of thioether (sulfide) groups is 1. The second-order valence-corrected chi connectivity index (χ2v) is 5.81. The van der Waals surface area contributed by atoms with Crippen LogP contribution in [0.5, 0.6) is 0 Å². The van der Waals surface area contributed by atoms with E-state index in [0.29, 0.717) is 11.3 Å². The molecule has 0 aliphatic carbocycles. The number of nitrogens with zero attached hydrogens (tertiary/aromatic N) is 4. The van der Waals surface area contributed by atoms with Crippen LogP contribution in [0.4, 0.5) is 0 Å². The zero-order valence-electron chi connectivity index (χ0n) is 12.7. The standard InChI is InChI=1S/C17H16N4OS/c1-2-21-16(13-7-4-3-5-8-13)19-20-17(21)23-12-15(22)14-9-6-10-18-11-14/h3-11H,2,12H2,1H3. The molecule has 0 atom stereocenters. The summed E-state index contributed by atoms with van der Waals surface area (Å²) in [6, 6.07) is 13.5. The van der Waals surface area contributed by atoms with Gasteiger partial charge in [-0.1, -0.05) is 42.1 Å². The lowest BCUT2D eigenvalue weighted by Crippen LogP contribution is -2.05. The van der Waals surface area contributed by atoms with Crippen molar-refractivity contribution in [2.75, 3.05) is 5.75 Å². The zero-order valence-corrected chi connectivity index (χ0v) is 13.5. The number of hydrogen-bond donors (Lipinski definition) is 0. The van der Waals surface area contributed by atoms with Crippen LogP contribution in [0, 0.1) is 0 Å². The fourth-order valence-electron chi connectivity index (χ4n) is 2.22. The van der Waals surface area contributed by atoms with Crippen molar-refractivity contribution < 1.29 is 4.79 Å². The summed E-state index contributed by atoms with van der Waals surface area (Å²) in [4.78, 5) is 16.2. The SMILES string of the molecule is CCn1c(SCC(=O)c2cccnc2)nnc1-c1ccccc1. The Morgan fingerprint density at radius 1 is 1.13 bits per heavy atom. The van der Waals surface area contributed by atoms with E-state index in [1.807, 2.05) is 41.8 Å².